The van der Waals surface area contributed by atoms with Crippen LogP contribution in [0.4, 0.5) is 22.0 Å². The number of alkyl halides is 3. The van der Waals surface area contributed by atoms with Crippen molar-refractivity contribution in [2.75, 3.05) is 19.7 Å². The lowest BCUT2D eigenvalue weighted by molar-refractivity contribution is -0.153. The van der Waals surface area contributed by atoms with E-state index >= 15 is 0 Å². The van der Waals surface area contributed by atoms with Crippen molar-refractivity contribution in [1.29, 1.82) is 0 Å². The van der Waals surface area contributed by atoms with E-state index in [-0.39, 0.29) is 22.8 Å². The van der Waals surface area contributed by atoms with Crippen molar-refractivity contribution in [3.8, 4) is 17.0 Å². The molecule has 0 bridgehead atoms. The fourth-order valence-corrected chi connectivity index (χ4v) is 5.31. The van der Waals surface area contributed by atoms with Gasteiger partial charge < -0.3 is 9.64 Å². The first-order valence-corrected chi connectivity index (χ1v) is 11.5. The van der Waals surface area contributed by atoms with Gasteiger partial charge in [0, 0.05) is 30.1 Å². The van der Waals surface area contributed by atoms with Crippen molar-refractivity contribution in [1.82, 2.24) is 14.7 Å². The van der Waals surface area contributed by atoms with E-state index in [1.807, 2.05) is 24.6 Å². The van der Waals surface area contributed by atoms with Crippen molar-refractivity contribution in [2.24, 2.45) is 5.41 Å². The van der Waals surface area contributed by atoms with Gasteiger partial charge in [0.25, 0.3) is 5.91 Å². The Labute approximate surface area is 204 Å². The molecule has 1 aromatic heterocycles. The number of aromatic nitrogens is 2. The van der Waals surface area contributed by atoms with Crippen LogP contribution in [-0.2, 0) is 0 Å². The molecule has 1 spiro atoms. The molecule has 1 saturated carbocycles. The predicted octanol–water partition coefficient (Wildman–Crippen LogP) is 5.86. The van der Waals surface area contributed by atoms with Gasteiger partial charge in [0.15, 0.2) is 6.61 Å². The highest BCUT2D eigenvalue weighted by Gasteiger charge is 2.55. The number of ether oxygens (including phenoxy) is 1. The molecule has 3 aromatic rings. The predicted molar refractivity (Wildman–Crippen MR) is 122 cm³/mol. The number of aryl methyl sites for hydroxylation is 2. The molecule has 36 heavy (non-hydrogen) atoms. The summed E-state index contributed by atoms with van der Waals surface area (Å²) in [5.41, 5.74) is 3.29. The zero-order valence-electron chi connectivity index (χ0n) is 19.7. The van der Waals surface area contributed by atoms with Crippen LogP contribution in [0.3, 0.4) is 0 Å². The van der Waals surface area contributed by atoms with Crippen molar-refractivity contribution in [3.63, 3.8) is 0 Å². The van der Waals surface area contributed by atoms with Gasteiger partial charge in [-0.15, -0.1) is 0 Å². The molecule has 1 aliphatic carbocycles. The first-order chi connectivity index (χ1) is 16.9. The largest absolute Gasteiger partial charge is 0.483 e. The minimum atomic E-state index is -4.61. The van der Waals surface area contributed by atoms with E-state index in [9.17, 15) is 26.7 Å². The van der Waals surface area contributed by atoms with E-state index in [0.29, 0.717) is 13.1 Å². The van der Waals surface area contributed by atoms with Gasteiger partial charge in [0.05, 0.1) is 23.0 Å². The third-order valence-electron chi connectivity index (χ3n) is 6.91. The van der Waals surface area contributed by atoms with Crippen LogP contribution in [0.25, 0.3) is 11.3 Å². The Balaban J connectivity index is 1.26. The van der Waals surface area contributed by atoms with Gasteiger partial charge in [-0.1, -0.05) is 0 Å². The lowest BCUT2D eigenvalue weighted by Gasteiger charge is -2.59. The first kappa shape index (κ1) is 24.3. The van der Waals surface area contributed by atoms with Crippen LogP contribution in [0.1, 0.15) is 40.5 Å². The topological polar surface area (TPSA) is 47.4 Å². The van der Waals surface area contributed by atoms with Gasteiger partial charge in [0.1, 0.15) is 17.4 Å². The second kappa shape index (κ2) is 8.60. The summed E-state index contributed by atoms with van der Waals surface area (Å²) < 4.78 is 71.6. The molecule has 1 amide bonds. The number of hydrogen-bond donors (Lipinski definition) is 0. The normalized spacial score (nSPS) is 17.1. The quantitative estimate of drug-likeness (QED) is 0.408. The van der Waals surface area contributed by atoms with Crippen LogP contribution in [0.2, 0.25) is 0 Å². The third-order valence-corrected chi connectivity index (χ3v) is 6.91. The van der Waals surface area contributed by atoms with Gasteiger partial charge in [-0.05, 0) is 68.7 Å². The molecule has 5 rings (SSSR count). The van der Waals surface area contributed by atoms with E-state index < -0.39 is 30.3 Å². The lowest BCUT2D eigenvalue weighted by atomic mass is 9.60. The third kappa shape index (κ3) is 4.56. The average Bonchev–Trinajstić information content (AvgIpc) is 3.10. The molecule has 0 radical (unpaired) electrons. The fraction of sp³-hybridized carbons (Fsp3) is 0.385. The van der Waals surface area contributed by atoms with E-state index in [4.69, 9.17) is 4.74 Å². The number of rotatable bonds is 5. The summed E-state index contributed by atoms with van der Waals surface area (Å²) in [6.45, 7) is 3.04. The smallest absolute Gasteiger partial charge is 0.422 e. The molecule has 10 heteroatoms. The Morgan fingerprint density at radius 3 is 2.39 bits per heavy atom. The number of halogens is 5. The summed E-state index contributed by atoms with van der Waals surface area (Å²) in [6.07, 6.45) is -3.04. The van der Waals surface area contributed by atoms with Gasteiger partial charge in [-0.2, -0.15) is 18.3 Å². The number of hydrogen-bond acceptors (Lipinski definition) is 3. The van der Waals surface area contributed by atoms with Crippen LogP contribution in [0, 0.1) is 30.9 Å². The molecule has 2 heterocycles. The maximum absolute atomic E-state index is 13.6. The SMILES string of the molecule is Cc1cc(-c2ccc(F)cc2C)n(C2CC3(C2)CN(C(=O)c2ccc(F)cc2OCC(F)(F)F)C3)n1. The number of benzene rings is 2. The average molecular weight is 505 g/mol. The van der Waals surface area contributed by atoms with Crippen molar-refractivity contribution >= 4 is 5.91 Å². The standard InChI is InChI=1S/C26H24F5N3O2/c1-15-7-17(27)3-5-20(15)22-8-16(2)32-34(22)19-10-25(11-19)12-33(13-25)24(35)21-6-4-18(28)9-23(21)36-14-26(29,30)31/h3-9,19H,10-14H2,1-2H3. The monoisotopic (exact) mass is 505 g/mol. The van der Waals surface area contributed by atoms with Crippen LogP contribution in [0.15, 0.2) is 42.5 Å². The summed E-state index contributed by atoms with van der Waals surface area (Å²) in [5.74, 6) is -1.99. The number of likely N-dealkylation sites (tertiary alicyclic amines) is 1. The van der Waals surface area contributed by atoms with Crippen LogP contribution < -0.4 is 4.74 Å². The molecular weight excluding hydrogens is 481 g/mol. The zero-order valence-corrected chi connectivity index (χ0v) is 19.7. The number of carbonyl (C=O) groups is 1. The van der Waals surface area contributed by atoms with Gasteiger partial charge in [-0.3, -0.25) is 9.48 Å². The maximum Gasteiger partial charge on any atom is 0.422 e. The minimum Gasteiger partial charge on any atom is -0.483 e. The summed E-state index contributed by atoms with van der Waals surface area (Å²) in [6, 6.07) is 9.73. The lowest BCUT2D eigenvalue weighted by Crippen LogP contribution is -2.63. The van der Waals surface area contributed by atoms with Gasteiger partial charge in [-0.25, -0.2) is 8.78 Å². The molecule has 0 unspecified atom stereocenters. The Hall–Kier alpha value is -3.43. The molecule has 5 nitrogen and oxygen atoms in total. The minimum absolute atomic E-state index is 0.0943. The summed E-state index contributed by atoms with van der Waals surface area (Å²) in [5, 5.41) is 4.66. The Kier molecular flexibility index (Phi) is 5.80. The van der Waals surface area contributed by atoms with Crippen LogP contribution in [-0.4, -0.2) is 46.5 Å². The van der Waals surface area contributed by atoms with E-state index in [1.54, 1.807) is 11.0 Å². The molecule has 190 valence electrons. The second-order valence-electron chi connectivity index (χ2n) is 9.84. The highest BCUT2D eigenvalue weighted by atomic mass is 19.4. The van der Waals surface area contributed by atoms with Crippen LogP contribution in [0.5, 0.6) is 5.75 Å². The molecule has 2 fully saturated rings. The Bertz CT molecular complexity index is 1320. The fourth-order valence-electron chi connectivity index (χ4n) is 5.31. The number of nitrogens with zero attached hydrogens (tertiary/aromatic N) is 3. The van der Waals surface area contributed by atoms with Crippen molar-refractivity contribution in [3.05, 3.63) is 70.9 Å². The molecular formula is C26H24F5N3O2. The second-order valence-corrected chi connectivity index (χ2v) is 9.84. The van der Waals surface area contributed by atoms with E-state index in [2.05, 4.69) is 5.10 Å². The number of amides is 1. The summed E-state index contributed by atoms with van der Waals surface area (Å²) in [4.78, 5) is 14.5. The Morgan fingerprint density at radius 1 is 1.06 bits per heavy atom. The molecule has 1 aliphatic heterocycles. The molecule has 0 atom stereocenters. The van der Waals surface area contributed by atoms with Crippen molar-refractivity contribution < 1.29 is 31.5 Å². The molecule has 1 saturated heterocycles. The van der Waals surface area contributed by atoms with Crippen LogP contribution >= 0.6 is 0 Å². The molecule has 2 aromatic carbocycles. The first-order valence-electron chi connectivity index (χ1n) is 11.5. The van der Waals surface area contributed by atoms with E-state index in [1.165, 1.54) is 12.1 Å². The van der Waals surface area contributed by atoms with Gasteiger partial charge in [0.2, 0.25) is 0 Å². The maximum atomic E-state index is 13.6. The summed E-state index contributed by atoms with van der Waals surface area (Å²) >= 11 is 0. The molecule has 0 N–H and O–H groups in total. The van der Waals surface area contributed by atoms with E-state index in [0.717, 1.165) is 53.6 Å². The molecule has 2 aliphatic rings. The summed E-state index contributed by atoms with van der Waals surface area (Å²) in [7, 11) is 0. The number of carbonyl (C=O) groups excluding carboxylic acids is 1. The highest BCUT2D eigenvalue weighted by molar-refractivity contribution is 5.97. The van der Waals surface area contributed by atoms with Crippen molar-refractivity contribution in [2.45, 2.75) is 38.9 Å². The highest BCUT2D eigenvalue weighted by Crippen LogP contribution is 2.55. The Morgan fingerprint density at radius 2 is 1.72 bits per heavy atom. The zero-order chi connectivity index (χ0) is 25.8. The van der Waals surface area contributed by atoms with Gasteiger partial charge >= 0.3 is 6.18 Å².